The second-order valence-electron chi connectivity index (χ2n) is 10.3. The molecule has 1 aromatic rings. The molecule has 6 N–H and O–H groups in total. The fourth-order valence-electron chi connectivity index (χ4n) is 4.63. The first-order valence-electron chi connectivity index (χ1n) is 13.7. The molecule has 1 aliphatic heterocycles. The summed E-state index contributed by atoms with van der Waals surface area (Å²) >= 11 is 6.40. The van der Waals surface area contributed by atoms with Crippen molar-refractivity contribution in [2.75, 3.05) is 18.8 Å². The van der Waals surface area contributed by atoms with Gasteiger partial charge in [0, 0.05) is 41.5 Å². The summed E-state index contributed by atoms with van der Waals surface area (Å²) in [6.45, 7) is 0.354. The van der Waals surface area contributed by atoms with Gasteiger partial charge in [0.05, 0.1) is 6.04 Å². The highest BCUT2D eigenvalue weighted by Gasteiger charge is 2.43. The minimum absolute atomic E-state index is 0.0439. The third kappa shape index (κ3) is 10.6. The smallest absolute Gasteiger partial charge is 0.322 e. The van der Waals surface area contributed by atoms with Crippen LogP contribution in [0, 0.1) is 5.92 Å². The zero-order chi connectivity index (χ0) is 31.5. The van der Waals surface area contributed by atoms with Crippen LogP contribution in [-0.2, 0) is 35.3 Å². The Bertz CT molecular complexity index is 1240. The fraction of sp³-hybridized carbons (Fsp3) is 0.500. The van der Waals surface area contributed by atoms with E-state index in [2.05, 4.69) is 10.6 Å². The predicted molar refractivity (Wildman–Crippen MR) is 163 cm³/mol. The SMILES string of the molecule is NC(CCC(=O)NC(CSSC1CCN(Cc2ccccc2Cl)C(C(=O)C2CC2)/C1=C/C=O)C(=O)NCC(=O)O)C(=O)O. The van der Waals surface area contributed by atoms with Crippen LogP contribution in [0.3, 0.4) is 0 Å². The van der Waals surface area contributed by atoms with Gasteiger partial charge in [0.1, 0.15) is 24.9 Å². The third-order valence-corrected chi connectivity index (χ3v) is 10.3. The number of likely N-dealkylation sites (tertiary alicyclic amines) is 1. The molecule has 1 saturated heterocycles. The minimum Gasteiger partial charge on any atom is -0.480 e. The number of aldehydes is 1. The van der Waals surface area contributed by atoms with Gasteiger partial charge in [-0.2, -0.15) is 0 Å². The van der Waals surface area contributed by atoms with Crippen LogP contribution in [-0.4, -0.2) is 93.2 Å². The molecule has 234 valence electrons. The summed E-state index contributed by atoms with van der Waals surface area (Å²) in [7, 11) is 2.61. The van der Waals surface area contributed by atoms with E-state index in [0.717, 1.165) is 18.4 Å². The highest BCUT2D eigenvalue weighted by molar-refractivity contribution is 8.77. The number of carboxylic acid groups (broad SMARTS) is 2. The topological polar surface area (TPSA) is 196 Å². The predicted octanol–water partition coefficient (Wildman–Crippen LogP) is 1.65. The van der Waals surface area contributed by atoms with Crippen molar-refractivity contribution in [3.8, 4) is 0 Å². The molecule has 0 spiro atoms. The normalized spacial score (nSPS) is 21.0. The van der Waals surface area contributed by atoms with E-state index in [1.54, 1.807) is 6.07 Å². The van der Waals surface area contributed by atoms with Gasteiger partial charge in [-0.15, -0.1) is 0 Å². The molecule has 1 aliphatic carbocycles. The lowest BCUT2D eigenvalue weighted by Crippen LogP contribution is -2.50. The molecule has 1 saturated carbocycles. The van der Waals surface area contributed by atoms with Crippen molar-refractivity contribution in [3.63, 3.8) is 0 Å². The number of nitrogens with zero attached hydrogens (tertiary/aromatic N) is 1. The number of nitrogens with two attached hydrogens (primary N) is 1. The number of hydrogen-bond acceptors (Lipinski definition) is 10. The van der Waals surface area contributed by atoms with E-state index in [-0.39, 0.29) is 35.5 Å². The highest BCUT2D eigenvalue weighted by Crippen LogP contribution is 2.43. The maximum absolute atomic E-state index is 13.5. The third-order valence-electron chi connectivity index (χ3n) is 7.06. The number of amides is 2. The van der Waals surface area contributed by atoms with Crippen molar-refractivity contribution in [2.45, 2.75) is 62.0 Å². The lowest BCUT2D eigenvalue weighted by molar-refractivity contribution is -0.139. The Labute approximate surface area is 261 Å². The van der Waals surface area contributed by atoms with Gasteiger partial charge in [-0.3, -0.25) is 33.7 Å². The monoisotopic (exact) mass is 654 g/mol. The quantitative estimate of drug-likeness (QED) is 0.0927. The van der Waals surface area contributed by atoms with Gasteiger partial charge in [-0.05, 0) is 49.0 Å². The highest BCUT2D eigenvalue weighted by atomic mass is 35.5. The Morgan fingerprint density at radius 2 is 1.86 bits per heavy atom. The summed E-state index contributed by atoms with van der Waals surface area (Å²) in [6.07, 6.45) is 3.94. The second kappa shape index (κ2) is 16.8. The Kier molecular flexibility index (Phi) is 13.5. The molecule has 2 aliphatic rings. The van der Waals surface area contributed by atoms with E-state index in [0.29, 0.717) is 36.4 Å². The van der Waals surface area contributed by atoms with E-state index < -0.39 is 48.4 Å². The van der Waals surface area contributed by atoms with E-state index in [1.807, 2.05) is 23.1 Å². The van der Waals surface area contributed by atoms with Gasteiger partial charge in [0.15, 0.2) is 5.78 Å². The first kappa shape index (κ1) is 34.6. The summed E-state index contributed by atoms with van der Waals surface area (Å²) in [5, 5.41) is 23.0. The summed E-state index contributed by atoms with van der Waals surface area (Å²) in [6, 6.07) is 4.44. The van der Waals surface area contributed by atoms with E-state index in [9.17, 15) is 28.8 Å². The van der Waals surface area contributed by atoms with Gasteiger partial charge in [-0.25, -0.2) is 0 Å². The lowest BCUT2D eigenvalue weighted by atomic mass is 9.89. The molecule has 43 heavy (non-hydrogen) atoms. The molecule has 0 aromatic heterocycles. The number of Topliss-reactive ketones (excluding diaryl/α,β-unsaturated/α-hetero) is 1. The number of benzene rings is 1. The molecule has 1 heterocycles. The second-order valence-corrected chi connectivity index (χ2v) is 13.3. The first-order chi connectivity index (χ1) is 20.5. The number of nitrogens with one attached hydrogen (secondary N) is 2. The lowest BCUT2D eigenvalue weighted by Gasteiger charge is -2.40. The zero-order valence-corrected chi connectivity index (χ0v) is 25.7. The zero-order valence-electron chi connectivity index (χ0n) is 23.3. The van der Waals surface area contributed by atoms with Crippen molar-refractivity contribution in [1.82, 2.24) is 15.5 Å². The van der Waals surface area contributed by atoms with Crippen LogP contribution in [0.4, 0.5) is 0 Å². The molecular formula is C28H35ClN4O8S2. The van der Waals surface area contributed by atoms with Crippen LogP contribution in [0.1, 0.15) is 37.7 Å². The number of carbonyl (C=O) groups excluding carboxylic acids is 4. The van der Waals surface area contributed by atoms with Gasteiger partial charge >= 0.3 is 11.9 Å². The summed E-state index contributed by atoms with van der Waals surface area (Å²) in [5.41, 5.74) is 7.00. The molecule has 2 amide bonds. The Morgan fingerprint density at radius 3 is 2.49 bits per heavy atom. The van der Waals surface area contributed by atoms with Gasteiger partial charge in [-0.1, -0.05) is 51.4 Å². The Hall–Kier alpha value is -2.91. The number of piperidine rings is 1. The maximum atomic E-state index is 13.5. The Morgan fingerprint density at radius 1 is 1.14 bits per heavy atom. The number of ketones is 1. The van der Waals surface area contributed by atoms with Crippen LogP contribution in [0.5, 0.6) is 0 Å². The number of hydrogen-bond donors (Lipinski definition) is 5. The average molecular weight is 655 g/mol. The van der Waals surface area contributed by atoms with Gasteiger partial charge in [0.25, 0.3) is 0 Å². The minimum atomic E-state index is -1.26. The molecule has 0 radical (unpaired) electrons. The number of rotatable bonds is 17. The average Bonchev–Trinajstić information content (AvgIpc) is 3.82. The number of allylic oxidation sites excluding steroid dienone is 1. The molecule has 12 nitrogen and oxygen atoms in total. The van der Waals surface area contributed by atoms with Crippen molar-refractivity contribution in [2.24, 2.45) is 11.7 Å². The molecule has 3 rings (SSSR count). The number of aliphatic carboxylic acids is 2. The number of carboxylic acids is 2. The van der Waals surface area contributed by atoms with E-state index >= 15 is 0 Å². The van der Waals surface area contributed by atoms with Crippen molar-refractivity contribution in [1.29, 1.82) is 0 Å². The van der Waals surface area contributed by atoms with E-state index in [1.165, 1.54) is 27.7 Å². The standard InChI is InChI=1S/C28H35ClN4O8S2/c29-19-4-2-1-3-17(19)14-33-11-9-22(18(10-12-34)25(33)26(38)16-5-6-16)43-42-15-21(27(39)31-13-24(36)37)32-23(35)8-7-20(30)28(40)41/h1-4,10,12,16,20-22,25H,5-9,11,13-15,30H2,(H,31,39)(H,32,35)(H,36,37)(H,40,41)/b18-10+. The number of halogens is 1. The summed E-state index contributed by atoms with van der Waals surface area (Å²) in [4.78, 5) is 74.3. The van der Waals surface area contributed by atoms with Crippen LogP contribution in [0.15, 0.2) is 35.9 Å². The molecular weight excluding hydrogens is 620 g/mol. The maximum Gasteiger partial charge on any atom is 0.322 e. The molecule has 4 atom stereocenters. The van der Waals surface area contributed by atoms with Gasteiger partial charge in [0.2, 0.25) is 11.8 Å². The van der Waals surface area contributed by atoms with Gasteiger partial charge < -0.3 is 26.6 Å². The van der Waals surface area contributed by atoms with Crippen molar-refractivity contribution in [3.05, 3.63) is 46.5 Å². The van der Waals surface area contributed by atoms with Crippen LogP contribution in [0.2, 0.25) is 5.02 Å². The molecule has 15 heteroatoms. The first-order valence-corrected chi connectivity index (χ1v) is 16.5. The van der Waals surface area contributed by atoms with Crippen LogP contribution >= 0.6 is 33.2 Å². The summed E-state index contributed by atoms with van der Waals surface area (Å²) < 4.78 is 0. The number of carbonyl (C=O) groups is 6. The van der Waals surface area contributed by atoms with Crippen LogP contribution < -0.4 is 16.4 Å². The molecule has 4 unspecified atom stereocenters. The van der Waals surface area contributed by atoms with E-state index in [4.69, 9.17) is 27.5 Å². The summed E-state index contributed by atoms with van der Waals surface area (Å²) in [5.74, 6) is -3.79. The molecule has 0 bridgehead atoms. The molecule has 1 aromatic carbocycles. The van der Waals surface area contributed by atoms with Crippen molar-refractivity contribution >= 4 is 69.0 Å². The Balaban J connectivity index is 1.70. The molecule has 2 fully saturated rings. The largest absolute Gasteiger partial charge is 0.480 e. The van der Waals surface area contributed by atoms with Crippen molar-refractivity contribution < 1.29 is 39.0 Å². The fourth-order valence-corrected chi connectivity index (χ4v) is 7.72. The van der Waals surface area contributed by atoms with Crippen LogP contribution in [0.25, 0.3) is 0 Å².